The molecule has 1 aliphatic rings. The Morgan fingerprint density at radius 1 is 1.22 bits per heavy atom. The summed E-state index contributed by atoms with van der Waals surface area (Å²) in [4.78, 5) is 10.8. The molecule has 2 aromatic carbocycles. The minimum atomic E-state index is -2.84. The molecule has 1 unspecified atom stereocenters. The van der Waals surface area contributed by atoms with Crippen molar-refractivity contribution in [2.45, 2.75) is 32.0 Å². The molecule has 4 rings (SSSR count). The molecule has 32 heavy (non-hydrogen) atoms. The predicted molar refractivity (Wildman–Crippen MR) is 123 cm³/mol. The van der Waals surface area contributed by atoms with E-state index in [1.807, 2.05) is 36.7 Å². The fraction of sp³-hybridized carbons (Fsp3) is 0.391. The van der Waals surface area contributed by atoms with Crippen LogP contribution in [-0.4, -0.2) is 54.8 Å². The molecule has 1 aliphatic heterocycles. The summed E-state index contributed by atoms with van der Waals surface area (Å²) < 4.78 is 32.3. The number of nitrogens with zero attached hydrogens (tertiary/aromatic N) is 4. The fourth-order valence-electron chi connectivity index (χ4n) is 4.04. The summed E-state index contributed by atoms with van der Waals surface area (Å²) in [5.74, 6) is 0.946. The maximum Gasteiger partial charge on any atom is 0.387 e. The highest BCUT2D eigenvalue weighted by Gasteiger charge is 2.26. The number of fused-ring (bicyclic) bond motifs is 1. The van der Waals surface area contributed by atoms with Crippen molar-refractivity contribution in [2.75, 3.05) is 31.6 Å². The summed E-state index contributed by atoms with van der Waals surface area (Å²) >= 11 is 0. The van der Waals surface area contributed by atoms with Crippen molar-refractivity contribution in [3.8, 4) is 5.75 Å². The van der Waals surface area contributed by atoms with Crippen molar-refractivity contribution < 1.29 is 13.5 Å². The molecular formula is C23H28F2N6O. The zero-order chi connectivity index (χ0) is 22.3. The molecule has 1 saturated heterocycles. The number of para-hydroxylation sites is 4. The standard InChI is InChI=1S/C23H28F2N6O/c1-26-23(27-12-6-13-31-16-28-18-7-2-3-8-19(18)31)29-17-11-14-30(15-17)20-9-4-5-10-21(20)32-22(24)25/h2-5,7-10,16-17,22H,6,11-15H2,1H3,(H2,26,27,29). The average molecular weight is 443 g/mol. The largest absolute Gasteiger partial charge is 0.433 e. The maximum absolute atomic E-state index is 12.7. The third kappa shape index (κ3) is 5.27. The van der Waals surface area contributed by atoms with Gasteiger partial charge < -0.3 is 24.8 Å². The van der Waals surface area contributed by atoms with E-state index in [4.69, 9.17) is 0 Å². The first-order valence-corrected chi connectivity index (χ1v) is 10.8. The number of rotatable bonds is 8. The first-order chi connectivity index (χ1) is 15.6. The van der Waals surface area contributed by atoms with Crippen LogP contribution in [0.1, 0.15) is 12.8 Å². The number of guanidine groups is 1. The number of aryl methyl sites for hydroxylation is 1. The van der Waals surface area contributed by atoms with E-state index in [9.17, 15) is 8.78 Å². The molecule has 170 valence electrons. The second kappa shape index (κ2) is 10.3. The Bertz CT molecular complexity index is 1050. The number of imidazole rings is 1. The lowest BCUT2D eigenvalue weighted by Gasteiger charge is -2.22. The number of alkyl halides is 2. The van der Waals surface area contributed by atoms with Crippen molar-refractivity contribution in [1.82, 2.24) is 20.2 Å². The molecule has 0 aliphatic carbocycles. The van der Waals surface area contributed by atoms with Gasteiger partial charge in [-0.25, -0.2) is 4.98 Å². The van der Waals surface area contributed by atoms with Crippen LogP contribution in [0.5, 0.6) is 5.75 Å². The molecule has 0 amide bonds. The van der Waals surface area contributed by atoms with Gasteiger partial charge in [-0.2, -0.15) is 8.78 Å². The van der Waals surface area contributed by atoms with Crippen molar-refractivity contribution >= 4 is 22.7 Å². The van der Waals surface area contributed by atoms with E-state index >= 15 is 0 Å². The smallest absolute Gasteiger partial charge is 0.387 e. The Morgan fingerprint density at radius 2 is 2.03 bits per heavy atom. The minimum Gasteiger partial charge on any atom is -0.433 e. The van der Waals surface area contributed by atoms with Gasteiger partial charge in [-0.05, 0) is 37.1 Å². The zero-order valence-corrected chi connectivity index (χ0v) is 18.0. The molecule has 0 bridgehead atoms. The van der Waals surface area contributed by atoms with Gasteiger partial charge in [0.1, 0.15) is 5.75 Å². The molecule has 1 fully saturated rings. The van der Waals surface area contributed by atoms with E-state index in [1.165, 1.54) is 0 Å². The monoisotopic (exact) mass is 442 g/mol. The number of hydrogen-bond donors (Lipinski definition) is 2. The molecule has 2 heterocycles. The number of halogens is 2. The summed E-state index contributed by atoms with van der Waals surface area (Å²) in [5.41, 5.74) is 2.83. The van der Waals surface area contributed by atoms with Crippen LogP contribution >= 0.6 is 0 Å². The van der Waals surface area contributed by atoms with Crippen LogP contribution in [-0.2, 0) is 6.54 Å². The maximum atomic E-state index is 12.7. The Kier molecular flexibility index (Phi) is 7.03. The Balaban J connectivity index is 1.25. The summed E-state index contributed by atoms with van der Waals surface area (Å²) in [7, 11) is 1.75. The van der Waals surface area contributed by atoms with Gasteiger partial charge in [-0.1, -0.05) is 24.3 Å². The van der Waals surface area contributed by atoms with Gasteiger partial charge >= 0.3 is 6.61 Å². The minimum absolute atomic E-state index is 0.165. The molecule has 7 nitrogen and oxygen atoms in total. The molecule has 2 N–H and O–H groups in total. The predicted octanol–water partition coefficient (Wildman–Crippen LogP) is 3.47. The number of benzene rings is 2. The topological polar surface area (TPSA) is 66.7 Å². The first kappa shape index (κ1) is 21.9. The number of ether oxygens (including phenoxy) is 1. The summed E-state index contributed by atoms with van der Waals surface area (Å²) in [6.45, 7) is 0.240. The molecule has 0 saturated carbocycles. The number of anilines is 1. The van der Waals surface area contributed by atoms with E-state index in [1.54, 1.807) is 19.2 Å². The Labute approximate surface area is 186 Å². The van der Waals surface area contributed by atoms with Crippen molar-refractivity contribution in [1.29, 1.82) is 0 Å². The van der Waals surface area contributed by atoms with E-state index < -0.39 is 6.61 Å². The second-order valence-corrected chi connectivity index (χ2v) is 7.70. The molecular weight excluding hydrogens is 414 g/mol. The van der Waals surface area contributed by atoms with Crippen LogP contribution in [0.3, 0.4) is 0 Å². The van der Waals surface area contributed by atoms with Gasteiger partial charge in [-0.15, -0.1) is 0 Å². The lowest BCUT2D eigenvalue weighted by molar-refractivity contribution is -0.0495. The highest BCUT2D eigenvalue weighted by Crippen LogP contribution is 2.31. The van der Waals surface area contributed by atoms with Crippen LogP contribution in [0, 0.1) is 0 Å². The number of hydrogen-bond acceptors (Lipinski definition) is 4. The highest BCUT2D eigenvalue weighted by atomic mass is 19.3. The highest BCUT2D eigenvalue weighted by molar-refractivity contribution is 5.80. The van der Waals surface area contributed by atoms with E-state index in [0.29, 0.717) is 12.2 Å². The molecule has 0 radical (unpaired) electrons. The van der Waals surface area contributed by atoms with Gasteiger partial charge in [0.2, 0.25) is 0 Å². The fourth-order valence-corrected chi connectivity index (χ4v) is 4.04. The van der Waals surface area contributed by atoms with Gasteiger partial charge in [-0.3, -0.25) is 4.99 Å². The lowest BCUT2D eigenvalue weighted by Crippen LogP contribution is -2.45. The van der Waals surface area contributed by atoms with Crippen LogP contribution < -0.4 is 20.3 Å². The third-order valence-corrected chi connectivity index (χ3v) is 5.57. The van der Waals surface area contributed by atoms with Gasteiger partial charge in [0.25, 0.3) is 0 Å². The third-order valence-electron chi connectivity index (χ3n) is 5.57. The van der Waals surface area contributed by atoms with E-state index in [-0.39, 0.29) is 11.8 Å². The van der Waals surface area contributed by atoms with Crippen LogP contribution in [0.15, 0.2) is 59.9 Å². The number of aromatic nitrogens is 2. The second-order valence-electron chi connectivity index (χ2n) is 7.70. The normalized spacial score (nSPS) is 16.7. The number of aliphatic imine (C=N–C) groups is 1. The van der Waals surface area contributed by atoms with Gasteiger partial charge in [0.15, 0.2) is 5.96 Å². The average Bonchev–Trinajstić information content (AvgIpc) is 3.43. The lowest BCUT2D eigenvalue weighted by atomic mass is 10.2. The van der Waals surface area contributed by atoms with Gasteiger partial charge in [0.05, 0.1) is 23.0 Å². The molecule has 1 aromatic heterocycles. The van der Waals surface area contributed by atoms with Crippen LogP contribution in [0.2, 0.25) is 0 Å². The van der Waals surface area contributed by atoms with E-state index in [0.717, 1.165) is 49.5 Å². The van der Waals surface area contributed by atoms with Crippen molar-refractivity contribution in [3.63, 3.8) is 0 Å². The SMILES string of the molecule is CN=C(NCCCn1cnc2ccccc21)NC1CCN(c2ccccc2OC(F)F)C1. The summed E-state index contributed by atoms with van der Waals surface area (Å²) in [5, 5.41) is 6.80. The Hall–Kier alpha value is -3.36. The van der Waals surface area contributed by atoms with Gasteiger partial charge in [0, 0.05) is 39.3 Å². The molecule has 9 heteroatoms. The number of nitrogens with one attached hydrogen (secondary N) is 2. The first-order valence-electron chi connectivity index (χ1n) is 10.8. The zero-order valence-electron chi connectivity index (χ0n) is 18.0. The van der Waals surface area contributed by atoms with E-state index in [2.05, 4.69) is 40.9 Å². The molecule has 1 atom stereocenters. The summed E-state index contributed by atoms with van der Waals surface area (Å²) in [6.07, 6.45) is 3.68. The molecule has 0 spiro atoms. The van der Waals surface area contributed by atoms with Crippen molar-refractivity contribution in [3.05, 3.63) is 54.9 Å². The van der Waals surface area contributed by atoms with Crippen molar-refractivity contribution in [2.24, 2.45) is 4.99 Å². The van der Waals surface area contributed by atoms with Crippen LogP contribution in [0.4, 0.5) is 14.5 Å². The Morgan fingerprint density at radius 3 is 2.88 bits per heavy atom. The quantitative estimate of drug-likeness (QED) is 0.318. The molecule has 3 aromatic rings. The van der Waals surface area contributed by atoms with Crippen LogP contribution in [0.25, 0.3) is 11.0 Å². The summed E-state index contributed by atoms with van der Waals surface area (Å²) in [6, 6.07) is 15.2.